The lowest BCUT2D eigenvalue weighted by Crippen LogP contribution is -2.59. The minimum Gasteiger partial charge on any atom is -0.385 e. The Morgan fingerprint density at radius 2 is 2.00 bits per heavy atom. The van der Waals surface area contributed by atoms with Crippen molar-refractivity contribution in [3.05, 3.63) is 0 Å². The molecule has 1 N–H and O–H groups in total. The van der Waals surface area contributed by atoms with Crippen LogP contribution in [0.1, 0.15) is 19.3 Å². The zero-order valence-corrected chi connectivity index (χ0v) is 9.22. The van der Waals surface area contributed by atoms with Gasteiger partial charge < -0.3 is 15.0 Å². The van der Waals surface area contributed by atoms with Crippen LogP contribution in [0, 0.1) is 5.41 Å². The van der Waals surface area contributed by atoms with E-state index in [9.17, 15) is 0 Å². The third-order valence-corrected chi connectivity index (χ3v) is 3.61. The molecule has 1 spiro atoms. The number of piperidine rings is 1. The van der Waals surface area contributed by atoms with E-state index in [1.54, 1.807) is 7.11 Å². The van der Waals surface area contributed by atoms with Gasteiger partial charge in [-0.25, -0.2) is 0 Å². The second-order valence-electron chi connectivity index (χ2n) is 4.81. The SMILES string of the molecule is COCCCN1CC2(CCNCC2)C1. The smallest absolute Gasteiger partial charge is 0.0474 e. The molecule has 3 heteroatoms. The van der Waals surface area contributed by atoms with Gasteiger partial charge in [-0.15, -0.1) is 0 Å². The van der Waals surface area contributed by atoms with E-state index in [4.69, 9.17) is 4.74 Å². The van der Waals surface area contributed by atoms with Crippen molar-refractivity contribution in [2.75, 3.05) is 46.4 Å². The first-order chi connectivity index (χ1) is 6.85. The predicted molar refractivity (Wildman–Crippen MR) is 57.5 cm³/mol. The summed E-state index contributed by atoms with van der Waals surface area (Å²) >= 11 is 0. The van der Waals surface area contributed by atoms with Crippen LogP contribution in [0.3, 0.4) is 0 Å². The molecular weight excluding hydrogens is 176 g/mol. The van der Waals surface area contributed by atoms with Crippen LogP contribution >= 0.6 is 0 Å². The van der Waals surface area contributed by atoms with Crippen molar-refractivity contribution < 1.29 is 4.74 Å². The molecule has 3 nitrogen and oxygen atoms in total. The molecule has 0 atom stereocenters. The fraction of sp³-hybridized carbons (Fsp3) is 1.00. The van der Waals surface area contributed by atoms with Gasteiger partial charge in [0, 0.05) is 33.4 Å². The maximum absolute atomic E-state index is 5.06. The average molecular weight is 198 g/mol. The maximum atomic E-state index is 5.06. The molecule has 0 aliphatic carbocycles. The average Bonchev–Trinajstić information content (AvgIpc) is 2.17. The molecular formula is C11H22N2O. The van der Waals surface area contributed by atoms with Gasteiger partial charge in [0.1, 0.15) is 0 Å². The summed E-state index contributed by atoms with van der Waals surface area (Å²) in [6, 6.07) is 0. The van der Waals surface area contributed by atoms with Crippen LogP contribution in [0.25, 0.3) is 0 Å². The predicted octanol–water partition coefficient (Wildman–Crippen LogP) is 0.708. The van der Waals surface area contributed by atoms with Gasteiger partial charge >= 0.3 is 0 Å². The maximum Gasteiger partial charge on any atom is 0.0474 e. The second kappa shape index (κ2) is 4.60. The number of nitrogens with one attached hydrogen (secondary N) is 1. The summed E-state index contributed by atoms with van der Waals surface area (Å²) < 4.78 is 5.06. The molecule has 2 fully saturated rings. The van der Waals surface area contributed by atoms with Crippen molar-refractivity contribution in [3.63, 3.8) is 0 Å². The number of likely N-dealkylation sites (tertiary alicyclic amines) is 1. The number of hydrogen-bond acceptors (Lipinski definition) is 3. The van der Waals surface area contributed by atoms with Crippen molar-refractivity contribution in [1.82, 2.24) is 10.2 Å². The van der Waals surface area contributed by atoms with E-state index in [2.05, 4.69) is 10.2 Å². The molecule has 0 saturated carbocycles. The van der Waals surface area contributed by atoms with Gasteiger partial charge in [-0.05, 0) is 37.8 Å². The number of nitrogens with zero attached hydrogens (tertiary/aromatic N) is 1. The Morgan fingerprint density at radius 1 is 1.29 bits per heavy atom. The Bertz CT molecular complexity index is 170. The summed E-state index contributed by atoms with van der Waals surface area (Å²) in [5.41, 5.74) is 0.693. The monoisotopic (exact) mass is 198 g/mol. The minimum atomic E-state index is 0.693. The molecule has 0 bridgehead atoms. The van der Waals surface area contributed by atoms with Crippen LogP contribution in [0.5, 0.6) is 0 Å². The van der Waals surface area contributed by atoms with Gasteiger partial charge in [0.25, 0.3) is 0 Å². The molecule has 0 amide bonds. The van der Waals surface area contributed by atoms with Gasteiger partial charge in [0.05, 0.1) is 0 Å². The summed E-state index contributed by atoms with van der Waals surface area (Å²) in [6.45, 7) is 7.25. The number of rotatable bonds is 4. The zero-order chi connectivity index (χ0) is 9.86. The first-order valence-electron chi connectivity index (χ1n) is 5.77. The highest BCUT2D eigenvalue weighted by atomic mass is 16.5. The first-order valence-corrected chi connectivity index (χ1v) is 5.77. The molecule has 0 aromatic rings. The molecule has 2 heterocycles. The van der Waals surface area contributed by atoms with Crippen molar-refractivity contribution in [2.45, 2.75) is 19.3 Å². The van der Waals surface area contributed by atoms with Crippen LogP contribution in [-0.4, -0.2) is 51.3 Å². The van der Waals surface area contributed by atoms with Gasteiger partial charge in [-0.1, -0.05) is 0 Å². The van der Waals surface area contributed by atoms with Crippen LogP contribution in [0.15, 0.2) is 0 Å². The summed E-state index contributed by atoms with van der Waals surface area (Å²) in [4.78, 5) is 2.57. The Kier molecular flexibility index (Phi) is 3.42. The molecule has 0 unspecified atom stereocenters. The van der Waals surface area contributed by atoms with E-state index in [0.29, 0.717) is 5.41 Å². The van der Waals surface area contributed by atoms with Crippen LogP contribution in [0.4, 0.5) is 0 Å². The number of hydrogen-bond donors (Lipinski definition) is 1. The molecule has 0 radical (unpaired) electrons. The van der Waals surface area contributed by atoms with Crippen LogP contribution in [0.2, 0.25) is 0 Å². The third-order valence-electron chi connectivity index (χ3n) is 3.61. The Hall–Kier alpha value is -0.120. The number of methoxy groups -OCH3 is 1. The highest BCUT2D eigenvalue weighted by Crippen LogP contribution is 2.38. The van der Waals surface area contributed by atoms with E-state index < -0.39 is 0 Å². The lowest BCUT2D eigenvalue weighted by molar-refractivity contribution is -0.0259. The normalized spacial score (nSPS) is 26.4. The first kappa shape index (κ1) is 10.4. The summed E-state index contributed by atoms with van der Waals surface area (Å²) in [6.07, 6.45) is 3.95. The van der Waals surface area contributed by atoms with Crippen LogP contribution in [-0.2, 0) is 4.74 Å². The highest BCUT2D eigenvalue weighted by molar-refractivity contribution is 4.97. The highest BCUT2D eigenvalue weighted by Gasteiger charge is 2.42. The van der Waals surface area contributed by atoms with Crippen molar-refractivity contribution >= 4 is 0 Å². The third kappa shape index (κ3) is 2.27. The van der Waals surface area contributed by atoms with Gasteiger partial charge in [0.2, 0.25) is 0 Å². The number of ether oxygens (including phenoxy) is 1. The minimum absolute atomic E-state index is 0.693. The summed E-state index contributed by atoms with van der Waals surface area (Å²) in [7, 11) is 1.78. The molecule has 2 aliphatic heterocycles. The fourth-order valence-electron chi connectivity index (χ4n) is 2.77. The van der Waals surface area contributed by atoms with Crippen molar-refractivity contribution in [1.29, 1.82) is 0 Å². The largest absolute Gasteiger partial charge is 0.385 e. The molecule has 2 aliphatic rings. The van der Waals surface area contributed by atoms with Crippen LogP contribution < -0.4 is 5.32 Å². The fourth-order valence-corrected chi connectivity index (χ4v) is 2.77. The van der Waals surface area contributed by atoms with E-state index in [1.807, 2.05) is 0 Å². The van der Waals surface area contributed by atoms with Gasteiger partial charge in [0.15, 0.2) is 0 Å². The zero-order valence-electron chi connectivity index (χ0n) is 9.22. The Morgan fingerprint density at radius 3 is 2.64 bits per heavy atom. The van der Waals surface area contributed by atoms with Crippen molar-refractivity contribution in [3.8, 4) is 0 Å². The molecule has 2 rings (SSSR count). The summed E-state index contributed by atoms with van der Waals surface area (Å²) in [5, 5.41) is 3.44. The molecule has 2 saturated heterocycles. The van der Waals surface area contributed by atoms with E-state index >= 15 is 0 Å². The van der Waals surface area contributed by atoms with E-state index in [1.165, 1.54) is 52.0 Å². The topological polar surface area (TPSA) is 24.5 Å². The molecule has 0 aromatic heterocycles. The van der Waals surface area contributed by atoms with Gasteiger partial charge in [-0.3, -0.25) is 0 Å². The molecule has 14 heavy (non-hydrogen) atoms. The summed E-state index contributed by atoms with van der Waals surface area (Å²) in [5.74, 6) is 0. The van der Waals surface area contributed by atoms with E-state index in [-0.39, 0.29) is 0 Å². The van der Waals surface area contributed by atoms with E-state index in [0.717, 1.165) is 6.61 Å². The standard InChI is InChI=1S/C11H22N2O/c1-14-8-2-7-13-9-11(10-13)3-5-12-6-4-11/h12H,2-10H2,1H3. The molecule has 82 valence electrons. The Labute approximate surface area is 86.8 Å². The van der Waals surface area contributed by atoms with Gasteiger partial charge in [-0.2, -0.15) is 0 Å². The Balaban J connectivity index is 1.62. The van der Waals surface area contributed by atoms with Crippen molar-refractivity contribution in [2.24, 2.45) is 5.41 Å². The lowest BCUT2D eigenvalue weighted by Gasteiger charge is -2.52. The quantitative estimate of drug-likeness (QED) is 0.673. The lowest BCUT2D eigenvalue weighted by atomic mass is 9.72. The second-order valence-corrected chi connectivity index (χ2v) is 4.81. The molecule has 0 aromatic carbocycles.